The van der Waals surface area contributed by atoms with Gasteiger partial charge in [0.15, 0.2) is 0 Å². The second kappa shape index (κ2) is 7.50. The molecule has 19 heavy (non-hydrogen) atoms. The molecule has 1 aromatic rings. The Balaban J connectivity index is 2.58. The predicted octanol–water partition coefficient (Wildman–Crippen LogP) is 2.56. The van der Waals surface area contributed by atoms with Crippen molar-refractivity contribution in [2.24, 2.45) is 5.92 Å². The molecule has 0 spiro atoms. The van der Waals surface area contributed by atoms with E-state index in [0.29, 0.717) is 11.3 Å². The quantitative estimate of drug-likeness (QED) is 0.702. The van der Waals surface area contributed by atoms with Gasteiger partial charge in [-0.3, -0.25) is 4.79 Å². The number of halogens is 1. The van der Waals surface area contributed by atoms with Crippen LogP contribution >= 0.6 is 15.9 Å². The van der Waals surface area contributed by atoms with Gasteiger partial charge in [0.2, 0.25) is 0 Å². The number of carbonyl (C=O) groups excluding carboxylic acids is 1. The highest BCUT2D eigenvalue weighted by atomic mass is 79.9. The van der Waals surface area contributed by atoms with Crippen molar-refractivity contribution < 1.29 is 9.90 Å². The molecule has 1 amide bonds. The lowest BCUT2D eigenvalue weighted by Crippen LogP contribution is -2.36. The number of hydrogen-bond acceptors (Lipinski definition) is 3. The van der Waals surface area contributed by atoms with Gasteiger partial charge in [-0.2, -0.15) is 0 Å². The second-order valence-corrected chi connectivity index (χ2v) is 5.44. The van der Waals surface area contributed by atoms with E-state index < -0.39 is 6.10 Å². The molecule has 0 radical (unpaired) electrons. The van der Waals surface area contributed by atoms with Gasteiger partial charge < -0.3 is 16.2 Å². The van der Waals surface area contributed by atoms with Gasteiger partial charge in [-0.05, 0) is 40.0 Å². The third-order valence-electron chi connectivity index (χ3n) is 3.32. The summed E-state index contributed by atoms with van der Waals surface area (Å²) in [6.45, 7) is 4.34. The van der Waals surface area contributed by atoms with Crippen molar-refractivity contribution in [3.63, 3.8) is 0 Å². The van der Waals surface area contributed by atoms with Crippen LogP contribution in [0, 0.1) is 5.92 Å². The average molecular weight is 329 g/mol. The number of nitrogens with one attached hydrogen (secondary N) is 1. The Morgan fingerprint density at radius 2 is 2.05 bits per heavy atom. The summed E-state index contributed by atoms with van der Waals surface area (Å²) in [6, 6.07) is 5.05. The van der Waals surface area contributed by atoms with E-state index >= 15 is 0 Å². The van der Waals surface area contributed by atoms with Crippen molar-refractivity contribution in [3.8, 4) is 0 Å². The Kier molecular flexibility index (Phi) is 6.31. The van der Waals surface area contributed by atoms with Gasteiger partial charge in [-0.25, -0.2) is 0 Å². The van der Waals surface area contributed by atoms with Crippen LogP contribution in [0.25, 0.3) is 0 Å². The molecule has 1 unspecified atom stereocenters. The smallest absolute Gasteiger partial charge is 0.251 e. The van der Waals surface area contributed by atoms with Crippen molar-refractivity contribution >= 4 is 27.5 Å². The first-order chi connectivity index (χ1) is 8.99. The molecule has 0 aliphatic heterocycles. The zero-order valence-electron chi connectivity index (χ0n) is 11.3. The number of aliphatic hydroxyl groups excluding tert-OH is 1. The Morgan fingerprint density at radius 3 is 2.58 bits per heavy atom. The normalized spacial score (nSPS) is 12.5. The minimum absolute atomic E-state index is 0.218. The van der Waals surface area contributed by atoms with E-state index in [4.69, 9.17) is 5.73 Å². The van der Waals surface area contributed by atoms with E-state index in [0.717, 1.165) is 17.3 Å². The number of aliphatic hydroxyl groups is 1. The summed E-state index contributed by atoms with van der Waals surface area (Å²) in [5, 5.41) is 12.7. The first-order valence-corrected chi connectivity index (χ1v) is 7.30. The number of amides is 1. The lowest BCUT2D eigenvalue weighted by molar-refractivity contribution is 0.0816. The first kappa shape index (κ1) is 16.0. The van der Waals surface area contributed by atoms with E-state index in [9.17, 15) is 9.90 Å². The summed E-state index contributed by atoms with van der Waals surface area (Å²) in [5.74, 6) is -0.000469. The van der Waals surface area contributed by atoms with Crippen molar-refractivity contribution in [2.45, 2.75) is 32.8 Å². The summed E-state index contributed by atoms with van der Waals surface area (Å²) in [4.78, 5) is 11.9. The fourth-order valence-electron chi connectivity index (χ4n) is 1.98. The van der Waals surface area contributed by atoms with Crippen molar-refractivity contribution in [1.82, 2.24) is 5.32 Å². The number of rotatable bonds is 6. The molecule has 5 heteroatoms. The standard InChI is InChI=1S/C14H21BrN2O2/c1-3-9(4-2)13(18)8-17-14(19)10-5-6-11(15)12(16)7-10/h5-7,9,13,18H,3-4,8,16H2,1-2H3,(H,17,19). The number of carbonyl (C=O) groups is 1. The van der Waals surface area contributed by atoms with Gasteiger partial charge in [-0.15, -0.1) is 0 Å². The van der Waals surface area contributed by atoms with Crippen LogP contribution in [0.5, 0.6) is 0 Å². The lowest BCUT2D eigenvalue weighted by Gasteiger charge is -2.20. The molecule has 1 atom stereocenters. The second-order valence-electron chi connectivity index (χ2n) is 4.59. The number of nitrogen functional groups attached to an aromatic ring is 1. The minimum atomic E-state index is -0.508. The topological polar surface area (TPSA) is 75.3 Å². The van der Waals surface area contributed by atoms with Crippen LogP contribution in [-0.4, -0.2) is 23.7 Å². The highest BCUT2D eigenvalue weighted by Gasteiger charge is 2.16. The van der Waals surface area contributed by atoms with Crippen LogP contribution in [0.1, 0.15) is 37.0 Å². The molecule has 106 valence electrons. The zero-order chi connectivity index (χ0) is 14.4. The Hall–Kier alpha value is -1.07. The molecule has 4 N–H and O–H groups in total. The molecular weight excluding hydrogens is 308 g/mol. The number of anilines is 1. The van der Waals surface area contributed by atoms with E-state index in [2.05, 4.69) is 21.2 Å². The van der Waals surface area contributed by atoms with Crippen LogP contribution in [0.15, 0.2) is 22.7 Å². The van der Waals surface area contributed by atoms with E-state index in [-0.39, 0.29) is 18.4 Å². The summed E-state index contributed by atoms with van der Waals surface area (Å²) in [5.41, 5.74) is 6.75. The van der Waals surface area contributed by atoms with Crippen LogP contribution in [-0.2, 0) is 0 Å². The molecule has 1 aromatic carbocycles. The van der Waals surface area contributed by atoms with E-state index in [1.54, 1.807) is 18.2 Å². The fraction of sp³-hybridized carbons (Fsp3) is 0.500. The Bertz CT molecular complexity index is 433. The third-order valence-corrected chi connectivity index (χ3v) is 4.05. The fourth-order valence-corrected chi connectivity index (χ4v) is 2.23. The maximum Gasteiger partial charge on any atom is 0.251 e. The third kappa shape index (κ3) is 4.51. The number of benzene rings is 1. The largest absolute Gasteiger partial charge is 0.398 e. The van der Waals surface area contributed by atoms with Gasteiger partial charge in [0, 0.05) is 22.3 Å². The monoisotopic (exact) mass is 328 g/mol. The van der Waals surface area contributed by atoms with Crippen LogP contribution in [0.3, 0.4) is 0 Å². The Morgan fingerprint density at radius 1 is 1.42 bits per heavy atom. The van der Waals surface area contributed by atoms with Crippen molar-refractivity contribution in [1.29, 1.82) is 0 Å². The number of hydrogen-bond donors (Lipinski definition) is 3. The maximum atomic E-state index is 11.9. The van der Waals surface area contributed by atoms with Crippen LogP contribution in [0.4, 0.5) is 5.69 Å². The molecule has 0 saturated heterocycles. The lowest BCUT2D eigenvalue weighted by atomic mass is 9.96. The van der Waals surface area contributed by atoms with Gasteiger partial charge in [0.05, 0.1) is 6.10 Å². The SMILES string of the molecule is CCC(CC)C(O)CNC(=O)c1ccc(Br)c(N)c1. The molecular formula is C14H21BrN2O2. The van der Waals surface area contributed by atoms with Crippen LogP contribution < -0.4 is 11.1 Å². The molecule has 0 saturated carbocycles. The molecule has 0 aromatic heterocycles. The average Bonchev–Trinajstić information content (AvgIpc) is 2.40. The highest BCUT2D eigenvalue weighted by molar-refractivity contribution is 9.10. The minimum Gasteiger partial charge on any atom is -0.398 e. The van der Waals surface area contributed by atoms with E-state index in [1.165, 1.54) is 0 Å². The summed E-state index contributed by atoms with van der Waals surface area (Å²) >= 11 is 3.28. The molecule has 0 bridgehead atoms. The first-order valence-electron chi connectivity index (χ1n) is 6.50. The molecule has 1 rings (SSSR count). The van der Waals surface area contributed by atoms with Crippen LogP contribution in [0.2, 0.25) is 0 Å². The van der Waals surface area contributed by atoms with Gasteiger partial charge in [0.25, 0.3) is 5.91 Å². The van der Waals surface area contributed by atoms with Gasteiger partial charge in [-0.1, -0.05) is 26.7 Å². The summed E-state index contributed by atoms with van der Waals surface area (Å²) in [6.07, 6.45) is 1.30. The number of nitrogens with two attached hydrogens (primary N) is 1. The maximum absolute atomic E-state index is 11.9. The Labute approximate surface area is 122 Å². The molecule has 0 aliphatic rings. The highest BCUT2D eigenvalue weighted by Crippen LogP contribution is 2.20. The van der Waals surface area contributed by atoms with Gasteiger partial charge >= 0.3 is 0 Å². The molecule has 0 aliphatic carbocycles. The zero-order valence-corrected chi connectivity index (χ0v) is 12.9. The molecule has 0 heterocycles. The van der Waals surface area contributed by atoms with Crippen molar-refractivity contribution in [3.05, 3.63) is 28.2 Å². The van der Waals surface area contributed by atoms with Gasteiger partial charge in [0.1, 0.15) is 0 Å². The van der Waals surface area contributed by atoms with Crippen molar-refractivity contribution in [2.75, 3.05) is 12.3 Å². The summed E-state index contributed by atoms with van der Waals surface area (Å²) < 4.78 is 0.765. The predicted molar refractivity (Wildman–Crippen MR) is 81.0 cm³/mol. The molecule has 4 nitrogen and oxygen atoms in total. The molecule has 0 fully saturated rings. The summed E-state index contributed by atoms with van der Waals surface area (Å²) in [7, 11) is 0. The van der Waals surface area contributed by atoms with E-state index in [1.807, 2.05) is 13.8 Å².